The van der Waals surface area contributed by atoms with Crippen molar-refractivity contribution in [3.8, 4) is 0 Å². The average molecular weight is 279 g/mol. The van der Waals surface area contributed by atoms with Crippen LogP contribution in [0.2, 0.25) is 9.74 Å². The van der Waals surface area contributed by atoms with Gasteiger partial charge in [0.1, 0.15) is 0 Å². The third-order valence-corrected chi connectivity index (χ3v) is 6.11. The molecule has 0 saturated carbocycles. The van der Waals surface area contributed by atoms with Crippen LogP contribution in [0.3, 0.4) is 0 Å². The summed E-state index contributed by atoms with van der Waals surface area (Å²) in [4.78, 5) is 4.84. The van der Waals surface area contributed by atoms with Crippen LogP contribution in [-0.2, 0) is 0 Å². The fraction of sp³-hybridized carbons (Fsp3) is 0.167. The van der Waals surface area contributed by atoms with Gasteiger partial charge in [0, 0.05) is 0 Å². The molecule has 0 atom stereocenters. The van der Waals surface area contributed by atoms with Crippen molar-refractivity contribution in [2.45, 2.75) is 9.74 Å². The molecule has 0 fully saturated rings. The minimum absolute atomic E-state index is 1.09. The summed E-state index contributed by atoms with van der Waals surface area (Å²) in [6.45, 7) is 0. The third-order valence-electron chi connectivity index (χ3n) is 2.25. The first kappa shape index (κ1) is 9.09. The van der Waals surface area contributed by atoms with Crippen LogP contribution in [0.5, 0.6) is 0 Å². The summed E-state index contributed by atoms with van der Waals surface area (Å²) >= 11 is -1.09. The van der Waals surface area contributed by atoms with Crippen LogP contribution >= 0.6 is 0 Å². The molecule has 0 aliphatic carbocycles. The maximum atomic E-state index is 2.42. The Labute approximate surface area is 86.5 Å². The molecule has 0 nitrogen and oxygen atoms in total. The molecule has 0 aromatic heterocycles. The first-order valence-electron chi connectivity index (χ1n) is 4.44. The van der Waals surface area contributed by atoms with E-state index in [1.54, 1.807) is 3.51 Å². The van der Waals surface area contributed by atoms with Crippen LogP contribution in [-0.4, -0.2) is 20.2 Å². The van der Waals surface area contributed by atoms with Crippen LogP contribution in [0.15, 0.2) is 42.5 Å². The minimum atomic E-state index is -1.09. The summed E-state index contributed by atoms with van der Waals surface area (Å²) in [5, 5.41) is 2.86. The molecule has 0 spiro atoms. The number of rotatable bonds is 1. The van der Waals surface area contributed by atoms with Crippen molar-refractivity contribution < 1.29 is 0 Å². The fourth-order valence-electron chi connectivity index (χ4n) is 1.60. The van der Waals surface area contributed by atoms with Gasteiger partial charge in [-0.1, -0.05) is 0 Å². The van der Waals surface area contributed by atoms with Gasteiger partial charge in [0.05, 0.1) is 0 Å². The van der Waals surface area contributed by atoms with Gasteiger partial charge >= 0.3 is 86.7 Å². The van der Waals surface area contributed by atoms with E-state index in [1.165, 1.54) is 10.8 Å². The SMILES string of the molecule is [CH3][Sb]([CH3])[c]1cccc2ccccc12. The van der Waals surface area contributed by atoms with Crippen molar-refractivity contribution in [3.63, 3.8) is 0 Å². The Hall–Kier alpha value is -0.482. The van der Waals surface area contributed by atoms with Crippen LogP contribution in [0, 0.1) is 0 Å². The summed E-state index contributed by atoms with van der Waals surface area (Å²) in [5.41, 5.74) is 0. The summed E-state index contributed by atoms with van der Waals surface area (Å²) in [6, 6.07) is 15.4. The molecule has 2 aromatic carbocycles. The Morgan fingerprint density at radius 2 is 1.54 bits per heavy atom. The molecule has 0 N–H and O–H groups in total. The summed E-state index contributed by atoms with van der Waals surface area (Å²) in [7, 11) is 0. The summed E-state index contributed by atoms with van der Waals surface area (Å²) in [5.74, 6) is 0. The van der Waals surface area contributed by atoms with Gasteiger partial charge in [0.25, 0.3) is 0 Å². The van der Waals surface area contributed by atoms with Gasteiger partial charge in [0.15, 0.2) is 0 Å². The monoisotopic (exact) mass is 278 g/mol. The van der Waals surface area contributed by atoms with Crippen molar-refractivity contribution in [1.82, 2.24) is 0 Å². The Morgan fingerprint density at radius 1 is 0.846 bits per heavy atom. The van der Waals surface area contributed by atoms with Crippen LogP contribution in [0.4, 0.5) is 0 Å². The second-order valence-electron chi connectivity index (χ2n) is 3.39. The zero-order valence-electron chi connectivity index (χ0n) is 7.99. The molecule has 0 unspecified atom stereocenters. The molecule has 0 saturated heterocycles. The Kier molecular flexibility index (Phi) is 2.60. The standard InChI is InChI=1S/C10H7.2CH3.Sb/c1-2-6-10-8-4-3-7-9(10)5-1;;;/h1-7H;2*1H3;. The van der Waals surface area contributed by atoms with Crippen molar-refractivity contribution >= 4 is 34.5 Å². The van der Waals surface area contributed by atoms with E-state index >= 15 is 0 Å². The topological polar surface area (TPSA) is 0 Å². The summed E-state index contributed by atoms with van der Waals surface area (Å²) < 4.78 is 1.63. The van der Waals surface area contributed by atoms with Crippen LogP contribution in [0.1, 0.15) is 0 Å². The van der Waals surface area contributed by atoms with Gasteiger partial charge in [0.2, 0.25) is 0 Å². The van der Waals surface area contributed by atoms with Gasteiger partial charge in [-0.25, -0.2) is 0 Å². The molecule has 0 heterocycles. The van der Waals surface area contributed by atoms with Gasteiger partial charge in [-0.15, -0.1) is 0 Å². The van der Waals surface area contributed by atoms with Gasteiger partial charge in [-0.3, -0.25) is 0 Å². The second kappa shape index (κ2) is 3.72. The molecule has 66 valence electrons. The molecule has 0 amide bonds. The van der Waals surface area contributed by atoms with E-state index in [9.17, 15) is 0 Å². The van der Waals surface area contributed by atoms with E-state index in [2.05, 4.69) is 52.2 Å². The number of hydrogen-bond acceptors (Lipinski definition) is 0. The third kappa shape index (κ3) is 1.74. The maximum absolute atomic E-state index is 2.42. The molecule has 1 heteroatoms. The molecule has 2 aromatic rings. The van der Waals surface area contributed by atoms with Crippen LogP contribution < -0.4 is 3.51 Å². The molecule has 0 aliphatic heterocycles. The molecule has 0 radical (unpaired) electrons. The summed E-state index contributed by atoms with van der Waals surface area (Å²) in [6.07, 6.45) is 0. The first-order chi connectivity index (χ1) is 6.29. The molecular formula is C12H13Sb. The quantitative estimate of drug-likeness (QED) is 0.704. The van der Waals surface area contributed by atoms with E-state index in [1.807, 2.05) is 0 Å². The van der Waals surface area contributed by atoms with Gasteiger partial charge < -0.3 is 0 Å². The zero-order valence-corrected chi connectivity index (χ0v) is 10.5. The van der Waals surface area contributed by atoms with E-state index in [0.717, 1.165) is 0 Å². The molecular weight excluding hydrogens is 266 g/mol. The second-order valence-corrected chi connectivity index (χ2v) is 9.87. The Bertz CT molecular complexity index is 413. The van der Waals surface area contributed by atoms with E-state index in [4.69, 9.17) is 0 Å². The molecule has 0 aliphatic rings. The van der Waals surface area contributed by atoms with Gasteiger partial charge in [-0.2, -0.15) is 0 Å². The van der Waals surface area contributed by atoms with Crippen molar-refractivity contribution in [1.29, 1.82) is 0 Å². The molecule has 13 heavy (non-hydrogen) atoms. The number of fused-ring (bicyclic) bond motifs is 1. The van der Waals surface area contributed by atoms with E-state index in [0.29, 0.717) is 0 Å². The zero-order chi connectivity index (χ0) is 9.26. The molecule has 2 rings (SSSR count). The predicted octanol–water partition coefficient (Wildman–Crippen LogP) is 2.80. The average Bonchev–Trinajstić information content (AvgIpc) is 2.17. The van der Waals surface area contributed by atoms with Crippen molar-refractivity contribution in [3.05, 3.63) is 42.5 Å². The Morgan fingerprint density at radius 3 is 2.31 bits per heavy atom. The molecule has 0 bridgehead atoms. The van der Waals surface area contributed by atoms with Crippen molar-refractivity contribution in [2.24, 2.45) is 0 Å². The van der Waals surface area contributed by atoms with Gasteiger partial charge in [-0.05, 0) is 0 Å². The van der Waals surface area contributed by atoms with E-state index < -0.39 is 20.2 Å². The van der Waals surface area contributed by atoms with E-state index in [-0.39, 0.29) is 0 Å². The normalized spacial score (nSPS) is 11.0. The van der Waals surface area contributed by atoms with Crippen molar-refractivity contribution in [2.75, 3.05) is 0 Å². The number of benzene rings is 2. The first-order valence-corrected chi connectivity index (χ1v) is 10.8. The Balaban J connectivity index is 2.76. The fourth-order valence-corrected chi connectivity index (χ4v) is 4.65. The van der Waals surface area contributed by atoms with Crippen LogP contribution in [0.25, 0.3) is 10.8 Å². The predicted molar refractivity (Wildman–Crippen MR) is 61.1 cm³/mol. The number of hydrogen-bond donors (Lipinski definition) is 0.